The lowest BCUT2D eigenvalue weighted by atomic mass is 10.2. The summed E-state index contributed by atoms with van der Waals surface area (Å²) in [7, 11) is 0. The van der Waals surface area contributed by atoms with E-state index in [9.17, 15) is 0 Å². The Morgan fingerprint density at radius 2 is 2.56 bits per heavy atom. The van der Waals surface area contributed by atoms with Crippen molar-refractivity contribution in [3.8, 4) is 0 Å². The Morgan fingerprint density at radius 1 is 1.67 bits per heavy atom. The van der Waals surface area contributed by atoms with Crippen molar-refractivity contribution < 1.29 is 0 Å². The van der Waals surface area contributed by atoms with E-state index in [-0.39, 0.29) is 0 Å². The summed E-state index contributed by atoms with van der Waals surface area (Å²) in [6, 6.07) is 0. The summed E-state index contributed by atoms with van der Waals surface area (Å²) in [5.74, 6) is 0.814. The van der Waals surface area contributed by atoms with Crippen LogP contribution in [0.4, 0.5) is 0 Å². The molecule has 1 heterocycles. The van der Waals surface area contributed by atoms with Crippen molar-refractivity contribution in [3.63, 3.8) is 0 Å². The molecule has 0 atom stereocenters. The standard InChI is InChI=1S/C6H7N2S/c1-2-5(1)3-6-4-9-8-7-6/h3-5H,1-2H2. The third-order valence-electron chi connectivity index (χ3n) is 1.41. The molecule has 1 aromatic heterocycles. The second-order valence-electron chi connectivity index (χ2n) is 2.33. The molecule has 47 valence electrons. The molecular weight excluding hydrogens is 132 g/mol. The quantitative estimate of drug-likeness (QED) is 0.620. The Kier molecular flexibility index (Phi) is 1.23. The maximum atomic E-state index is 3.91. The highest BCUT2D eigenvalue weighted by Crippen LogP contribution is 2.33. The van der Waals surface area contributed by atoms with Gasteiger partial charge in [0.25, 0.3) is 0 Å². The Morgan fingerprint density at radius 3 is 3.11 bits per heavy atom. The van der Waals surface area contributed by atoms with E-state index >= 15 is 0 Å². The van der Waals surface area contributed by atoms with Crippen molar-refractivity contribution in [3.05, 3.63) is 17.5 Å². The first-order valence-electron chi connectivity index (χ1n) is 3.07. The molecule has 1 saturated carbocycles. The van der Waals surface area contributed by atoms with Crippen LogP contribution in [0.2, 0.25) is 0 Å². The van der Waals surface area contributed by atoms with E-state index in [0.29, 0.717) is 0 Å². The second-order valence-corrected chi connectivity index (χ2v) is 2.94. The Bertz CT molecular complexity index is 179. The first-order valence-corrected chi connectivity index (χ1v) is 3.91. The van der Waals surface area contributed by atoms with Crippen LogP contribution in [0.1, 0.15) is 18.5 Å². The van der Waals surface area contributed by atoms with Crippen LogP contribution in [-0.2, 0) is 0 Å². The fourth-order valence-corrected chi connectivity index (χ4v) is 1.17. The van der Waals surface area contributed by atoms with Crippen LogP contribution in [0.3, 0.4) is 0 Å². The second kappa shape index (κ2) is 2.06. The van der Waals surface area contributed by atoms with Gasteiger partial charge in [-0.2, -0.15) is 0 Å². The van der Waals surface area contributed by atoms with E-state index in [0.717, 1.165) is 11.6 Å². The summed E-state index contributed by atoms with van der Waals surface area (Å²) in [6.07, 6.45) is 4.89. The monoisotopic (exact) mass is 139 g/mol. The molecule has 1 aromatic rings. The van der Waals surface area contributed by atoms with Crippen molar-refractivity contribution in [1.29, 1.82) is 0 Å². The zero-order chi connectivity index (χ0) is 6.10. The van der Waals surface area contributed by atoms with E-state index in [1.54, 1.807) is 0 Å². The largest absolute Gasteiger partial charge is 0.143 e. The molecule has 9 heavy (non-hydrogen) atoms. The van der Waals surface area contributed by atoms with Crippen LogP contribution >= 0.6 is 11.5 Å². The molecule has 0 spiro atoms. The zero-order valence-corrected chi connectivity index (χ0v) is 5.77. The average molecular weight is 139 g/mol. The highest BCUT2D eigenvalue weighted by Gasteiger charge is 2.22. The van der Waals surface area contributed by atoms with Gasteiger partial charge >= 0.3 is 0 Å². The van der Waals surface area contributed by atoms with E-state index in [1.807, 2.05) is 5.38 Å². The van der Waals surface area contributed by atoms with Gasteiger partial charge in [0.05, 0.1) is 5.69 Å². The molecule has 2 nitrogen and oxygen atoms in total. The van der Waals surface area contributed by atoms with Crippen LogP contribution in [0.15, 0.2) is 5.38 Å². The Balaban J connectivity index is 1.99. The zero-order valence-electron chi connectivity index (χ0n) is 4.95. The average Bonchev–Trinajstić information content (AvgIpc) is 2.46. The summed E-state index contributed by atoms with van der Waals surface area (Å²) >= 11 is 1.42. The van der Waals surface area contributed by atoms with Crippen LogP contribution in [-0.4, -0.2) is 9.59 Å². The van der Waals surface area contributed by atoms with Crippen LogP contribution in [0, 0.1) is 12.3 Å². The normalized spacial score (nSPS) is 18.2. The van der Waals surface area contributed by atoms with Gasteiger partial charge in [0, 0.05) is 11.8 Å². The lowest BCUT2D eigenvalue weighted by molar-refractivity contribution is 0.970. The fourth-order valence-electron chi connectivity index (χ4n) is 0.749. The summed E-state index contributed by atoms with van der Waals surface area (Å²) in [4.78, 5) is 0. The molecule has 1 aliphatic rings. The predicted molar refractivity (Wildman–Crippen MR) is 36.0 cm³/mol. The summed E-state index contributed by atoms with van der Waals surface area (Å²) < 4.78 is 3.76. The molecule has 0 amide bonds. The number of nitrogens with zero attached hydrogens (tertiary/aromatic N) is 2. The predicted octanol–water partition coefficient (Wildman–Crippen LogP) is 1.50. The molecule has 1 radical (unpaired) electrons. The number of rotatable bonds is 2. The first kappa shape index (κ1) is 5.35. The highest BCUT2D eigenvalue weighted by molar-refractivity contribution is 7.03. The maximum absolute atomic E-state index is 3.91. The number of aromatic nitrogens is 2. The van der Waals surface area contributed by atoms with Crippen molar-refractivity contribution in [2.24, 2.45) is 5.92 Å². The van der Waals surface area contributed by atoms with Gasteiger partial charge < -0.3 is 0 Å². The molecule has 0 bridgehead atoms. The third-order valence-corrected chi connectivity index (χ3v) is 1.93. The Hall–Kier alpha value is -0.440. The maximum Gasteiger partial charge on any atom is 0.0795 e. The lowest BCUT2D eigenvalue weighted by Gasteiger charge is -1.84. The molecule has 0 unspecified atom stereocenters. The molecule has 0 aliphatic heterocycles. The minimum absolute atomic E-state index is 0.814. The van der Waals surface area contributed by atoms with E-state index in [2.05, 4.69) is 16.0 Å². The third kappa shape index (κ3) is 1.27. The van der Waals surface area contributed by atoms with Gasteiger partial charge in [-0.05, 0) is 30.3 Å². The van der Waals surface area contributed by atoms with Crippen LogP contribution in [0.5, 0.6) is 0 Å². The summed E-state index contributed by atoms with van der Waals surface area (Å²) in [5.41, 5.74) is 1.06. The van der Waals surface area contributed by atoms with Crippen molar-refractivity contribution >= 4 is 11.5 Å². The van der Waals surface area contributed by atoms with Crippen LogP contribution in [0.25, 0.3) is 0 Å². The Labute approximate surface area is 58.1 Å². The fraction of sp³-hybridized carbons (Fsp3) is 0.500. The van der Waals surface area contributed by atoms with Gasteiger partial charge in [0.1, 0.15) is 0 Å². The van der Waals surface area contributed by atoms with Gasteiger partial charge in [-0.15, -0.1) is 5.10 Å². The van der Waals surface area contributed by atoms with Gasteiger partial charge in [0.2, 0.25) is 0 Å². The molecule has 1 fully saturated rings. The number of hydrogen-bond donors (Lipinski definition) is 0. The van der Waals surface area contributed by atoms with Gasteiger partial charge in [0.15, 0.2) is 0 Å². The summed E-state index contributed by atoms with van der Waals surface area (Å²) in [6.45, 7) is 0. The van der Waals surface area contributed by atoms with E-state index < -0.39 is 0 Å². The lowest BCUT2D eigenvalue weighted by Crippen LogP contribution is -1.82. The molecule has 0 saturated heterocycles. The molecule has 0 N–H and O–H groups in total. The smallest absolute Gasteiger partial charge is 0.0795 e. The molecule has 3 heteroatoms. The van der Waals surface area contributed by atoms with Gasteiger partial charge in [-0.3, -0.25) is 0 Å². The highest BCUT2D eigenvalue weighted by atomic mass is 32.1. The van der Waals surface area contributed by atoms with E-state index in [1.165, 1.54) is 24.4 Å². The van der Waals surface area contributed by atoms with Gasteiger partial charge in [-0.1, -0.05) is 4.49 Å². The SMILES string of the molecule is [CH](c1csnn1)C1CC1. The topological polar surface area (TPSA) is 25.8 Å². The van der Waals surface area contributed by atoms with Crippen molar-refractivity contribution in [1.82, 2.24) is 9.59 Å². The minimum Gasteiger partial charge on any atom is -0.143 e. The van der Waals surface area contributed by atoms with Crippen molar-refractivity contribution in [2.45, 2.75) is 12.8 Å². The molecular formula is C6H7N2S. The molecule has 1 aliphatic carbocycles. The molecule has 0 aromatic carbocycles. The minimum atomic E-state index is 0.814. The van der Waals surface area contributed by atoms with E-state index in [4.69, 9.17) is 0 Å². The molecule has 2 rings (SSSR count). The van der Waals surface area contributed by atoms with Gasteiger partial charge in [-0.25, -0.2) is 0 Å². The number of hydrogen-bond acceptors (Lipinski definition) is 3. The first-order chi connectivity index (χ1) is 4.45. The van der Waals surface area contributed by atoms with Crippen LogP contribution < -0.4 is 0 Å². The van der Waals surface area contributed by atoms with Crippen molar-refractivity contribution in [2.75, 3.05) is 0 Å². The summed E-state index contributed by atoms with van der Waals surface area (Å²) in [5, 5.41) is 5.89.